The number of allylic oxidation sites excluding steroid dienone is 2. The summed E-state index contributed by atoms with van der Waals surface area (Å²) in [6, 6.07) is 0. The van der Waals surface area contributed by atoms with Crippen LogP contribution in [0.1, 0.15) is 48.0 Å². The molecule has 0 atom stereocenters. The molecule has 0 spiro atoms. The summed E-state index contributed by atoms with van der Waals surface area (Å²) in [6.45, 7) is 18.9. The fourth-order valence-corrected chi connectivity index (χ4v) is 0.333. The lowest BCUT2D eigenvalue weighted by Gasteiger charge is -2.00. The van der Waals surface area contributed by atoms with Gasteiger partial charge in [0.15, 0.2) is 0 Å². The maximum atomic E-state index is 3.00. The summed E-state index contributed by atoms with van der Waals surface area (Å²) in [5.41, 5.74) is 1.47. The zero-order valence-electron chi connectivity index (χ0n) is 9.78. The molecule has 12 heavy (non-hydrogen) atoms. The summed E-state index contributed by atoms with van der Waals surface area (Å²) in [7, 11) is 0. The molecule has 0 saturated heterocycles. The highest BCUT2D eigenvalue weighted by molar-refractivity contribution is 4.97. The Morgan fingerprint density at radius 3 is 1.50 bits per heavy atom. The molecule has 0 amide bonds. The van der Waals surface area contributed by atoms with Crippen LogP contribution in [0.25, 0.3) is 0 Å². The van der Waals surface area contributed by atoms with Crippen LogP contribution < -0.4 is 0 Å². The molecule has 74 valence electrons. The number of rotatable bonds is 1. The first-order valence-electron chi connectivity index (χ1n) is 4.72. The maximum Gasteiger partial charge on any atom is -0.0263 e. The standard InChI is InChI=1S/C7H14.C3H8.C2H4/c1-5-7(4)6(2)3;1-3-2;1-2/h5-6H,1-4H3;3H2,1-2H3;1-2H2/b7-5+;;. The minimum Gasteiger partial charge on any atom is -0.106 e. The van der Waals surface area contributed by atoms with Gasteiger partial charge in [0.2, 0.25) is 0 Å². The fourth-order valence-electron chi connectivity index (χ4n) is 0.333. The van der Waals surface area contributed by atoms with Gasteiger partial charge in [-0.1, -0.05) is 45.8 Å². The summed E-state index contributed by atoms with van der Waals surface area (Å²) >= 11 is 0. The molecular weight excluding hydrogens is 144 g/mol. The Morgan fingerprint density at radius 1 is 1.25 bits per heavy atom. The quantitative estimate of drug-likeness (QED) is 0.495. The zero-order valence-corrected chi connectivity index (χ0v) is 9.78. The molecule has 0 aliphatic heterocycles. The minimum absolute atomic E-state index is 0.727. The lowest BCUT2D eigenvalue weighted by Crippen LogP contribution is -1.85. The van der Waals surface area contributed by atoms with E-state index in [1.54, 1.807) is 0 Å². The highest BCUT2D eigenvalue weighted by Gasteiger charge is 1.90. The number of hydrogen-bond acceptors (Lipinski definition) is 0. The maximum absolute atomic E-state index is 3.00. The van der Waals surface area contributed by atoms with E-state index in [1.807, 2.05) is 0 Å². The molecule has 0 aromatic heterocycles. The molecule has 0 heteroatoms. The Balaban J connectivity index is -0.000000137. The lowest BCUT2D eigenvalue weighted by atomic mass is 10.1. The molecule has 0 rings (SSSR count). The largest absolute Gasteiger partial charge is 0.106 e. The van der Waals surface area contributed by atoms with E-state index < -0.39 is 0 Å². The van der Waals surface area contributed by atoms with Crippen LogP contribution in [-0.2, 0) is 0 Å². The van der Waals surface area contributed by atoms with E-state index >= 15 is 0 Å². The predicted octanol–water partition coefficient (Wildman–Crippen LogP) is 4.83. The Hall–Kier alpha value is -0.520. The van der Waals surface area contributed by atoms with Crippen LogP contribution in [0.5, 0.6) is 0 Å². The van der Waals surface area contributed by atoms with E-state index in [0.29, 0.717) is 0 Å². The van der Waals surface area contributed by atoms with Crippen molar-refractivity contribution in [3.05, 3.63) is 24.8 Å². The van der Waals surface area contributed by atoms with Crippen molar-refractivity contribution in [1.82, 2.24) is 0 Å². The fraction of sp³-hybridized carbons (Fsp3) is 0.667. The van der Waals surface area contributed by atoms with Crippen molar-refractivity contribution in [2.24, 2.45) is 5.92 Å². The van der Waals surface area contributed by atoms with Crippen LogP contribution >= 0.6 is 0 Å². The summed E-state index contributed by atoms with van der Waals surface area (Å²) in [6.07, 6.45) is 3.41. The van der Waals surface area contributed by atoms with Gasteiger partial charge < -0.3 is 0 Å². The van der Waals surface area contributed by atoms with E-state index in [0.717, 1.165) is 5.92 Å². The first kappa shape index (κ1) is 17.5. The monoisotopic (exact) mass is 170 g/mol. The molecule has 0 fully saturated rings. The van der Waals surface area contributed by atoms with Gasteiger partial charge in [0, 0.05) is 0 Å². The molecule has 0 bridgehead atoms. The smallest absolute Gasteiger partial charge is 0.0263 e. The summed E-state index contributed by atoms with van der Waals surface area (Å²) in [5.74, 6) is 0.727. The second-order valence-corrected chi connectivity index (χ2v) is 2.89. The van der Waals surface area contributed by atoms with Crippen LogP contribution in [0, 0.1) is 5.92 Å². The van der Waals surface area contributed by atoms with Gasteiger partial charge in [-0.15, -0.1) is 13.2 Å². The molecule has 0 nitrogen and oxygen atoms in total. The predicted molar refractivity (Wildman–Crippen MR) is 61.5 cm³/mol. The van der Waals surface area contributed by atoms with Crippen molar-refractivity contribution in [2.75, 3.05) is 0 Å². The average Bonchev–Trinajstić information content (AvgIpc) is 2.08. The molecule has 0 N–H and O–H groups in total. The molecule has 0 saturated carbocycles. The third-order valence-corrected chi connectivity index (χ3v) is 1.37. The number of hydrogen-bond donors (Lipinski definition) is 0. The third kappa shape index (κ3) is 22.7. The Kier molecular flexibility index (Phi) is 24.6. The molecule has 0 aromatic rings. The van der Waals surface area contributed by atoms with Crippen molar-refractivity contribution in [1.29, 1.82) is 0 Å². The van der Waals surface area contributed by atoms with E-state index in [2.05, 4.69) is 60.8 Å². The molecule has 0 unspecified atom stereocenters. The van der Waals surface area contributed by atoms with Gasteiger partial charge in [-0.05, 0) is 19.8 Å². The van der Waals surface area contributed by atoms with Crippen molar-refractivity contribution < 1.29 is 0 Å². The molecular formula is C12H26. The molecule has 0 aliphatic carbocycles. The van der Waals surface area contributed by atoms with E-state index in [1.165, 1.54) is 12.0 Å². The second kappa shape index (κ2) is 16.8. The lowest BCUT2D eigenvalue weighted by molar-refractivity contribution is 0.767. The van der Waals surface area contributed by atoms with Gasteiger partial charge in [0.05, 0.1) is 0 Å². The second-order valence-electron chi connectivity index (χ2n) is 2.89. The summed E-state index contributed by atoms with van der Waals surface area (Å²) in [5, 5.41) is 0. The Morgan fingerprint density at radius 2 is 1.50 bits per heavy atom. The van der Waals surface area contributed by atoms with Gasteiger partial charge in [-0.2, -0.15) is 0 Å². The van der Waals surface area contributed by atoms with Gasteiger partial charge in [-0.3, -0.25) is 0 Å². The van der Waals surface area contributed by atoms with Gasteiger partial charge >= 0.3 is 0 Å². The first-order chi connectivity index (χ1) is 5.59. The minimum atomic E-state index is 0.727. The van der Waals surface area contributed by atoms with Crippen LogP contribution in [0.15, 0.2) is 24.8 Å². The van der Waals surface area contributed by atoms with Gasteiger partial charge in [0.1, 0.15) is 0 Å². The van der Waals surface area contributed by atoms with Crippen molar-refractivity contribution in [2.45, 2.75) is 48.0 Å². The average molecular weight is 170 g/mol. The van der Waals surface area contributed by atoms with E-state index in [4.69, 9.17) is 0 Å². The first-order valence-corrected chi connectivity index (χ1v) is 4.72. The van der Waals surface area contributed by atoms with Crippen molar-refractivity contribution >= 4 is 0 Å². The Labute approximate surface area is 79.4 Å². The Bertz CT molecular complexity index is 88.2. The van der Waals surface area contributed by atoms with Crippen LogP contribution in [-0.4, -0.2) is 0 Å². The van der Waals surface area contributed by atoms with Gasteiger partial charge in [0.25, 0.3) is 0 Å². The molecule has 0 aromatic carbocycles. The highest BCUT2D eigenvalue weighted by Crippen LogP contribution is 2.05. The molecule has 0 heterocycles. The highest BCUT2D eigenvalue weighted by atomic mass is 14.0. The van der Waals surface area contributed by atoms with E-state index in [9.17, 15) is 0 Å². The van der Waals surface area contributed by atoms with Crippen molar-refractivity contribution in [3.63, 3.8) is 0 Å². The molecule has 0 radical (unpaired) electrons. The van der Waals surface area contributed by atoms with Crippen LogP contribution in [0.3, 0.4) is 0 Å². The van der Waals surface area contributed by atoms with Crippen LogP contribution in [0.2, 0.25) is 0 Å². The normalized spacial score (nSPS) is 9.42. The summed E-state index contributed by atoms with van der Waals surface area (Å²) in [4.78, 5) is 0. The van der Waals surface area contributed by atoms with Crippen LogP contribution in [0.4, 0.5) is 0 Å². The topological polar surface area (TPSA) is 0 Å². The SMILES string of the molecule is C/C=C(\C)C(C)C.C=C.CCC. The van der Waals surface area contributed by atoms with E-state index in [-0.39, 0.29) is 0 Å². The zero-order chi connectivity index (χ0) is 10.6. The third-order valence-electron chi connectivity index (χ3n) is 1.37. The molecule has 0 aliphatic rings. The summed E-state index contributed by atoms with van der Waals surface area (Å²) < 4.78 is 0. The van der Waals surface area contributed by atoms with Gasteiger partial charge in [-0.25, -0.2) is 0 Å². The van der Waals surface area contributed by atoms with Crippen molar-refractivity contribution in [3.8, 4) is 0 Å².